The Morgan fingerprint density at radius 3 is 2.65 bits per heavy atom. The van der Waals surface area contributed by atoms with Crippen LogP contribution in [0.15, 0.2) is 31.7 Å². The summed E-state index contributed by atoms with van der Waals surface area (Å²) in [7, 11) is 0. The molecule has 0 fully saturated rings. The molecule has 0 aliphatic rings. The second-order valence-corrected chi connectivity index (χ2v) is 7.80. The van der Waals surface area contributed by atoms with Crippen LogP contribution >= 0.6 is 59.7 Å². The van der Waals surface area contributed by atoms with Crippen LogP contribution in [0, 0.1) is 0 Å². The summed E-state index contributed by atoms with van der Waals surface area (Å²) in [6.07, 6.45) is 0. The van der Waals surface area contributed by atoms with Crippen molar-refractivity contribution in [1.29, 1.82) is 0 Å². The maximum atomic E-state index is 10.8. The molecule has 0 saturated carbocycles. The SMILES string of the molecule is CC(Sn1c(Br)c(Br)c2c(Br)cccc21)=S=O. The molecule has 0 spiro atoms. The summed E-state index contributed by atoms with van der Waals surface area (Å²) in [5.41, 5.74) is 1.05. The van der Waals surface area contributed by atoms with Gasteiger partial charge in [-0.2, -0.15) is 0 Å². The van der Waals surface area contributed by atoms with E-state index in [9.17, 15) is 4.21 Å². The molecule has 0 N–H and O–H groups in total. The molecule has 17 heavy (non-hydrogen) atoms. The van der Waals surface area contributed by atoms with Gasteiger partial charge in [-0.05, 0) is 50.9 Å². The van der Waals surface area contributed by atoms with Crippen molar-refractivity contribution < 1.29 is 4.21 Å². The highest BCUT2D eigenvalue weighted by molar-refractivity contribution is 9.13. The molecule has 2 rings (SSSR count). The maximum Gasteiger partial charge on any atom is 0.111 e. The van der Waals surface area contributed by atoms with E-state index in [4.69, 9.17) is 0 Å². The van der Waals surface area contributed by atoms with Crippen molar-refractivity contribution in [3.05, 3.63) is 31.7 Å². The number of halogens is 3. The maximum absolute atomic E-state index is 10.8. The largest absolute Gasteiger partial charge is 0.271 e. The Labute approximate surface area is 132 Å². The molecule has 0 amide bonds. The van der Waals surface area contributed by atoms with Gasteiger partial charge in [-0.25, -0.2) is 4.21 Å². The van der Waals surface area contributed by atoms with Crippen LogP contribution in [-0.2, 0) is 11.3 Å². The first-order valence-electron chi connectivity index (χ1n) is 4.52. The summed E-state index contributed by atoms with van der Waals surface area (Å²) in [4.78, 5) is 0. The molecular weight excluding hydrogens is 454 g/mol. The number of hydrogen-bond acceptors (Lipinski definition) is 2. The van der Waals surface area contributed by atoms with Gasteiger partial charge in [-0.3, -0.25) is 3.97 Å². The zero-order chi connectivity index (χ0) is 12.6. The molecule has 1 aromatic heterocycles. The van der Waals surface area contributed by atoms with Crippen molar-refractivity contribution >= 4 is 86.1 Å². The Bertz CT molecular complexity index is 647. The number of hydrogen-bond donors (Lipinski definition) is 0. The first kappa shape index (κ1) is 13.9. The van der Waals surface area contributed by atoms with Gasteiger partial charge < -0.3 is 0 Å². The molecule has 2 nitrogen and oxygen atoms in total. The van der Waals surface area contributed by atoms with Crippen LogP contribution in [0.5, 0.6) is 0 Å². The first-order valence-corrected chi connectivity index (χ1v) is 8.41. The van der Waals surface area contributed by atoms with Crippen molar-refractivity contribution in [3.8, 4) is 0 Å². The molecule has 2 aromatic rings. The minimum absolute atomic E-state index is 0.511. The van der Waals surface area contributed by atoms with Gasteiger partial charge in [0.15, 0.2) is 0 Å². The summed E-state index contributed by atoms with van der Waals surface area (Å²) in [5.74, 6) is 0. The average molecular weight is 460 g/mol. The zero-order valence-electron chi connectivity index (χ0n) is 8.54. The number of nitrogens with zero attached hydrogens (tertiary/aromatic N) is 1. The van der Waals surface area contributed by atoms with E-state index in [2.05, 4.69) is 47.8 Å². The molecule has 0 aliphatic carbocycles. The van der Waals surface area contributed by atoms with E-state index in [0.29, 0.717) is 11.3 Å². The van der Waals surface area contributed by atoms with Crippen LogP contribution in [0.2, 0.25) is 0 Å². The minimum Gasteiger partial charge on any atom is -0.271 e. The molecule has 0 saturated heterocycles. The Hall–Kier alpha value is 0.440. The van der Waals surface area contributed by atoms with Crippen LogP contribution in [0.25, 0.3) is 10.9 Å². The molecule has 0 radical (unpaired) electrons. The third-order valence-electron chi connectivity index (χ3n) is 2.13. The summed E-state index contributed by atoms with van der Waals surface area (Å²) < 4.78 is 16.4. The number of fused-ring (bicyclic) bond motifs is 1. The van der Waals surface area contributed by atoms with Gasteiger partial charge in [-0.15, -0.1) is 0 Å². The monoisotopic (exact) mass is 457 g/mol. The van der Waals surface area contributed by atoms with E-state index < -0.39 is 0 Å². The number of rotatable bonds is 1. The smallest absolute Gasteiger partial charge is 0.111 e. The second-order valence-electron chi connectivity index (χ2n) is 3.20. The predicted molar refractivity (Wildman–Crippen MR) is 86.9 cm³/mol. The summed E-state index contributed by atoms with van der Waals surface area (Å²) in [6.45, 7) is 1.81. The summed E-state index contributed by atoms with van der Waals surface area (Å²) in [5, 5.41) is 1.09. The highest BCUT2D eigenvalue weighted by Gasteiger charge is 2.16. The zero-order valence-corrected chi connectivity index (χ0v) is 14.9. The van der Waals surface area contributed by atoms with E-state index in [1.165, 1.54) is 11.9 Å². The van der Waals surface area contributed by atoms with Gasteiger partial charge in [0.1, 0.15) is 15.9 Å². The van der Waals surface area contributed by atoms with Crippen LogP contribution in [0.1, 0.15) is 6.92 Å². The Balaban J connectivity index is 2.76. The molecule has 0 bridgehead atoms. The lowest BCUT2D eigenvalue weighted by atomic mass is 10.2. The highest BCUT2D eigenvalue weighted by atomic mass is 79.9. The molecule has 0 aliphatic heterocycles. The van der Waals surface area contributed by atoms with Gasteiger partial charge in [-0.1, -0.05) is 22.0 Å². The van der Waals surface area contributed by atoms with Gasteiger partial charge in [0.05, 0.1) is 14.2 Å². The average Bonchev–Trinajstić information content (AvgIpc) is 2.55. The van der Waals surface area contributed by atoms with Crippen LogP contribution in [-0.4, -0.2) is 12.4 Å². The van der Waals surface area contributed by atoms with Crippen molar-refractivity contribution in [2.45, 2.75) is 6.92 Å². The lowest BCUT2D eigenvalue weighted by Crippen LogP contribution is -1.92. The quantitative estimate of drug-likeness (QED) is 0.572. The topological polar surface area (TPSA) is 22.0 Å². The number of aromatic nitrogens is 1. The molecule has 0 atom stereocenters. The minimum atomic E-state index is 0.511. The first-order chi connectivity index (χ1) is 8.06. The van der Waals surface area contributed by atoms with E-state index in [0.717, 1.165) is 28.6 Å². The molecule has 1 aromatic carbocycles. The fourth-order valence-electron chi connectivity index (χ4n) is 1.43. The molecule has 7 heteroatoms. The van der Waals surface area contributed by atoms with E-state index >= 15 is 0 Å². The fourth-order valence-corrected chi connectivity index (χ4v) is 4.59. The highest BCUT2D eigenvalue weighted by Crippen LogP contribution is 2.41. The van der Waals surface area contributed by atoms with Gasteiger partial charge in [0.25, 0.3) is 0 Å². The van der Waals surface area contributed by atoms with Gasteiger partial charge in [0.2, 0.25) is 0 Å². The summed E-state index contributed by atoms with van der Waals surface area (Å²) in [6, 6.07) is 5.99. The third kappa shape index (κ3) is 2.58. The normalized spacial score (nSPS) is 10.8. The van der Waals surface area contributed by atoms with Crippen molar-refractivity contribution in [2.24, 2.45) is 0 Å². The van der Waals surface area contributed by atoms with Crippen LogP contribution in [0.3, 0.4) is 0 Å². The molecule has 0 unspecified atom stereocenters. The van der Waals surface area contributed by atoms with E-state index in [1.54, 1.807) is 0 Å². The van der Waals surface area contributed by atoms with Gasteiger partial charge >= 0.3 is 0 Å². The van der Waals surface area contributed by atoms with E-state index in [-0.39, 0.29) is 0 Å². The standard InChI is InChI=1S/C10H6Br3NOS2/c1-5(17-15)16-14-7-4-2-3-6(11)8(7)9(12)10(14)13/h2-4H,1H3. The Morgan fingerprint density at radius 2 is 2.00 bits per heavy atom. The molecule has 1 heterocycles. The van der Waals surface area contributed by atoms with Crippen LogP contribution < -0.4 is 0 Å². The molecular formula is C10H6Br3NOS2. The van der Waals surface area contributed by atoms with Crippen molar-refractivity contribution in [1.82, 2.24) is 3.97 Å². The Kier molecular flexibility index (Phi) is 4.57. The Morgan fingerprint density at radius 1 is 1.29 bits per heavy atom. The second kappa shape index (κ2) is 5.61. The molecule has 90 valence electrons. The lowest BCUT2D eigenvalue weighted by Gasteiger charge is -2.03. The fraction of sp³-hybridized carbons (Fsp3) is 0.100. The summed E-state index contributed by atoms with van der Waals surface area (Å²) >= 11 is 12.6. The van der Waals surface area contributed by atoms with Crippen molar-refractivity contribution in [3.63, 3.8) is 0 Å². The van der Waals surface area contributed by atoms with E-state index in [1.807, 2.05) is 29.1 Å². The third-order valence-corrected chi connectivity index (χ3v) is 6.56. The lowest BCUT2D eigenvalue weighted by molar-refractivity contribution is 0.701. The van der Waals surface area contributed by atoms with Crippen molar-refractivity contribution in [2.75, 3.05) is 0 Å². The predicted octanol–water partition coefficient (Wildman–Crippen LogP) is 4.79. The number of benzene rings is 1. The van der Waals surface area contributed by atoms with Crippen LogP contribution in [0.4, 0.5) is 0 Å². The van der Waals surface area contributed by atoms with Gasteiger partial charge in [0, 0.05) is 21.8 Å².